The molecule has 0 bridgehead atoms. The number of carbonyl (C=O) groups excluding carboxylic acids is 1. The maximum Gasteiger partial charge on any atom is 0.412 e. The second kappa shape index (κ2) is 8.35. The fourth-order valence-electron chi connectivity index (χ4n) is 2.26. The van der Waals surface area contributed by atoms with Crippen LogP contribution in [-0.2, 0) is 4.74 Å². The highest BCUT2D eigenvalue weighted by molar-refractivity contribution is 5.85. The number of nitro groups is 1. The molecular formula is C20H22N2O5. The predicted molar refractivity (Wildman–Crippen MR) is 105 cm³/mol. The molecule has 2 aromatic rings. The van der Waals surface area contributed by atoms with E-state index in [-0.39, 0.29) is 5.69 Å². The van der Waals surface area contributed by atoms with Crippen LogP contribution < -0.4 is 10.1 Å². The summed E-state index contributed by atoms with van der Waals surface area (Å²) < 4.78 is 10.3. The van der Waals surface area contributed by atoms with Gasteiger partial charge in [0.25, 0.3) is 5.69 Å². The van der Waals surface area contributed by atoms with Crippen molar-refractivity contribution in [3.63, 3.8) is 0 Å². The van der Waals surface area contributed by atoms with Crippen molar-refractivity contribution in [2.45, 2.75) is 26.4 Å². The first kappa shape index (κ1) is 20.0. The molecule has 0 fully saturated rings. The standard InChI is InChI=1S/C20H22N2O5/c1-20(2,3)27-19(23)21-16-7-5-6-14(10-16)8-9-15-11-17(22(24)25)13-18(12-15)26-4/h5-13H,1-4H3,(H,21,23)/b9-8+. The largest absolute Gasteiger partial charge is 0.496 e. The highest BCUT2D eigenvalue weighted by Crippen LogP contribution is 2.24. The van der Waals surface area contributed by atoms with E-state index in [4.69, 9.17) is 9.47 Å². The first-order valence-corrected chi connectivity index (χ1v) is 8.28. The van der Waals surface area contributed by atoms with Crippen LogP contribution in [-0.4, -0.2) is 23.7 Å². The summed E-state index contributed by atoms with van der Waals surface area (Å²) in [6.07, 6.45) is 2.99. The summed E-state index contributed by atoms with van der Waals surface area (Å²) in [5.74, 6) is 0.407. The zero-order valence-corrected chi connectivity index (χ0v) is 15.7. The number of hydrogen-bond donors (Lipinski definition) is 1. The van der Waals surface area contributed by atoms with E-state index in [2.05, 4.69) is 5.32 Å². The fourth-order valence-corrected chi connectivity index (χ4v) is 2.26. The SMILES string of the molecule is COc1cc(/C=C/c2cccc(NC(=O)OC(C)(C)C)c2)cc([N+](=O)[O-])c1. The van der Waals surface area contributed by atoms with Gasteiger partial charge in [0.15, 0.2) is 0 Å². The minimum absolute atomic E-state index is 0.0469. The molecule has 142 valence electrons. The summed E-state index contributed by atoms with van der Waals surface area (Å²) in [4.78, 5) is 22.4. The minimum Gasteiger partial charge on any atom is -0.496 e. The van der Waals surface area contributed by atoms with Crippen molar-refractivity contribution in [1.29, 1.82) is 0 Å². The van der Waals surface area contributed by atoms with Gasteiger partial charge in [-0.25, -0.2) is 4.79 Å². The van der Waals surface area contributed by atoms with Crippen molar-refractivity contribution in [1.82, 2.24) is 0 Å². The molecule has 2 rings (SSSR count). The number of benzene rings is 2. The topological polar surface area (TPSA) is 90.7 Å². The van der Waals surface area contributed by atoms with E-state index in [1.54, 1.807) is 57.2 Å². The Hall–Kier alpha value is -3.35. The highest BCUT2D eigenvalue weighted by Gasteiger charge is 2.16. The van der Waals surface area contributed by atoms with E-state index in [1.807, 2.05) is 6.07 Å². The van der Waals surface area contributed by atoms with Gasteiger partial charge >= 0.3 is 6.09 Å². The Morgan fingerprint density at radius 3 is 2.44 bits per heavy atom. The number of nitro benzene ring substituents is 1. The third-order valence-electron chi connectivity index (χ3n) is 3.36. The molecule has 7 nitrogen and oxygen atoms in total. The van der Waals surface area contributed by atoms with Crippen LogP contribution in [0.4, 0.5) is 16.2 Å². The fraction of sp³-hybridized carbons (Fsp3) is 0.250. The second-order valence-corrected chi connectivity index (χ2v) is 6.81. The average molecular weight is 370 g/mol. The van der Waals surface area contributed by atoms with Gasteiger partial charge in [0.05, 0.1) is 18.1 Å². The number of anilines is 1. The second-order valence-electron chi connectivity index (χ2n) is 6.81. The Labute approximate surface area is 157 Å². The zero-order valence-electron chi connectivity index (χ0n) is 15.7. The summed E-state index contributed by atoms with van der Waals surface area (Å²) in [7, 11) is 1.46. The number of nitrogens with zero attached hydrogens (tertiary/aromatic N) is 1. The lowest BCUT2D eigenvalue weighted by molar-refractivity contribution is -0.384. The van der Waals surface area contributed by atoms with Crippen LogP contribution >= 0.6 is 0 Å². The van der Waals surface area contributed by atoms with Crippen molar-refractivity contribution in [3.8, 4) is 5.75 Å². The normalized spacial score (nSPS) is 11.3. The molecule has 0 radical (unpaired) electrons. The molecule has 2 aromatic carbocycles. The van der Waals surface area contributed by atoms with Crippen LogP contribution in [0.5, 0.6) is 5.75 Å². The lowest BCUT2D eigenvalue weighted by Crippen LogP contribution is -2.27. The monoisotopic (exact) mass is 370 g/mol. The number of amides is 1. The van der Waals surface area contributed by atoms with Crippen LogP contribution in [0.3, 0.4) is 0 Å². The third-order valence-corrected chi connectivity index (χ3v) is 3.36. The first-order chi connectivity index (χ1) is 12.7. The molecule has 7 heteroatoms. The first-order valence-electron chi connectivity index (χ1n) is 8.28. The van der Waals surface area contributed by atoms with Crippen LogP contribution in [0, 0.1) is 10.1 Å². The predicted octanol–water partition coefficient (Wildman–Crippen LogP) is 5.12. The number of nitrogens with one attached hydrogen (secondary N) is 1. The zero-order chi connectivity index (χ0) is 20.0. The maximum absolute atomic E-state index is 11.9. The van der Waals surface area contributed by atoms with Crippen LogP contribution in [0.15, 0.2) is 42.5 Å². The van der Waals surface area contributed by atoms with Crippen molar-refractivity contribution >= 4 is 29.6 Å². The number of hydrogen-bond acceptors (Lipinski definition) is 5. The molecule has 0 unspecified atom stereocenters. The summed E-state index contributed by atoms with van der Waals surface area (Å²) in [5.41, 5.74) is 1.40. The number of methoxy groups -OCH3 is 1. The number of rotatable bonds is 5. The molecule has 0 aliphatic heterocycles. The summed E-state index contributed by atoms with van der Waals surface area (Å²) >= 11 is 0. The highest BCUT2D eigenvalue weighted by atomic mass is 16.6. The quantitative estimate of drug-likeness (QED) is 0.448. The molecule has 0 atom stereocenters. The van der Waals surface area contributed by atoms with Crippen molar-refractivity contribution in [2.75, 3.05) is 12.4 Å². The summed E-state index contributed by atoms with van der Waals surface area (Å²) in [6.45, 7) is 5.37. The Morgan fingerprint density at radius 2 is 1.81 bits per heavy atom. The molecule has 0 saturated carbocycles. The van der Waals surface area contributed by atoms with Gasteiger partial charge in [0, 0.05) is 11.8 Å². The Bertz CT molecular complexity index is 869. The van der Waals surface area contributed by atoms with Crippen molar-refractivity contribution in [3.05, 3.63) is 63.7 Å². The lowest BCUT2D eigenvalue weighted by atomic mass is 10.1. The van der Waals surface area contributed by atoms with E-state index in [1.165, 1.54) is 19.2 Å². The summed E-state index contributed by atoms with van der Waals surface area (Å²) in [5, 5.41) is 13.7. The molecule has 0 spiro atoms. The molecule has 0 saturated heterocycles. The van der Waals surface area contributed by atoms with Crippen LogP contribution in [0.1, 0.15) is 31.9 Å². The molecular weight excluding hydrogens is 348 g/mol. The Morgan fingerprint density at radius 1 is 1.11 bits per heavy atom. The van der Waals surface area contributed by atoms with Crippen LogP contribution in [0.25, 0.3) is 12.2 Å². The minimum atomic E-state index is -0.581. The molecule has 0 aromatic heterocycles. The van der Waals surface area contributed by atoms with Gasteiger partial charge in [-0.2, -0.15) is 0 Å². The number of carbonyl (C=O) groups is 1. The third kappa shape index (κ3) is 6.47. The summed E-state index contributed by atoms with van der Waals surface area (Å²) in [6, 6.07) is 11.7. The average Bonchev–Trinajstić information content (AvgIpc) is 2.58. The Kier molecular flexibility index (Phi) is 6.18. The van der Waals surface area contributed by atoms with Gasteiger partial charge in [-0.05, 0) is 50.1 Å². The van der Waals surface area contributed by atoms with E-state index in [9.17, 15) is 14.9 Å². The van der Waals surface area contributed by atoms with E-state index < -0.39 is 16.6 Å². The molecule has 1 amide bonds. The van der Waals surface area contributed by atoms with Crippen molar-refractivity contribution < 1.29 is 19.2 Å². The van der Waals surface area contributed by atoms with E-state index >= 15 is 0 Å². The van der Waals surface area contributed by atoms with Gasteiger partial charge < -0.3 is 9.47 Å². The van der Waals surface area contributed by atoms with E-state index in [0.29, 0.717) is 17.0 Å². The van der Waals surface area contributed by atoms with Crippen LogP contribution in [0.2, 0.25) is 0 Å². The smallest absolute Gasteiger partial charge is 0.412 e. The van der Waals surface area contributed by atoms with Gasteiger partial charge in [0.1, 0.15) is 11.4 Å². The molecule has 1 N–H and O–H groups in total. The molecule has 0 aliphatic rings. The van der Waals surface area contributed by atoms with Crippen molar-refractivity contribution in [2.24, 2.45) is 0 Å². The number of ether oxygens (including phenoxy) is 2. The lowest BCUT2D eigenvalue weighted by Gasteiger charge is -2.19. The maximum atomic E-state index is 11.9. The van der Waals surface area contributed by atoms with Gasteiger partial charge in [-0.3, -0.25) is 15.4 Å². The van der Waals surface area contributed by atoms with Gasteiger partial charge in [-0.1, -0.05) is 24.3 Å². The Balaban J connectivity index is 2.17. The van der Waals surface area contributed by atoms with Gasteiger partial charge in [0.2, 0.25) is 0 Å². The number of non-ortho nitro benzene ring substituents is 1. The molecule has 0 heterocycles. The molecule has 0 aliphatic carbocycles. The van der Waals surface area contributed by atoms with Gasteiger partial charge in [-0.15, -0.1) is 0 Å². The van der Waals surface area contributed by atoms with E-state index in [0.717, 1.165) is 5.56 Å². The molecule has 27 heavy (non-hydrogen) atoms.